The summed E-state index contributed by atoms with van der Waals surface area (Å²) in [6.45, 7) is -0.708. The van der Waals surface area contributed by atoms with Gasteiger partial charge in [-0.1, -0.05) is 11.6 Å². The molecule has 2 aromatic rings. The number of hydroxylamine groups is 2. The minimum absolute atomic E-state index is 0.0614. The van der Waals surface area contributed by atoms with Crippen molar-refractivity contribution >= 4 is 35.1 Å². The van der Waals surface area contributed by atoms with E-state index in [0.717, 1.165) is 0 Å². The fraction of sp³-hybridized carbons (Fsp3) is 0.250. The Hall–Kier alpha value is -4.07. The van der Waals surface area contributed by atoms with Gasteiger partial charge in [-0.2, -0.15) is 4.68 Å². The number of carbonyl (C=O) groups excluding carboxylic acids is 1. The number of halogens is 3. The number of aliphatic imine (C=N–C) groups is 2. The quantitative estimate of drug-likeness (QED) is 0.609. The van der Waals surface area contributed by atoms with Gasteiger partial charge in [0.2, 0.25) is 5.91 Å². The molecule has 11 nitrogen and oxygen atoms in total. The first-order valence-corrected chi connectivity index (χ1v) is 12.0. The Morgan fingerprint density at radius 2 is 2.05 bits per heavy atom. The molecule has 38 heavy (non-hydrogen) atoms. The summed E-state index contributed by atoms with van der Waals surface area (Å²) in [6, 6.07) is 2.31. The molecule has 1 aromatic carbocycles. The lowest BCUT2D eigenvalue weighted by molar-refractivity contribution is -0.128. The summed E-state index contributed by atoms with van der Waals surface area (Å²) < 4.78 is 31.4. The van der Waals surface area contributed by atoms with Crippen LogP contribution in [0.25, 0.3) is 11.3 Å². The second-order valence-electron chi connectivity index (χ2n) is 8.98. The van der Waals surface area contributed by atoms with Gasteiger partial charge in [-0.05, 0) is 53.5 Å². The van der Waals surface area contributed by atoms with Gasteiger partial charge in [0.25, 0.3) is 0 Å². The van der Waals surface area contributed by atoms with E-state index in [1.165, 1.54) is 41.6 Å². The summed E-state index contributed by atoms with van der Waals surface area (Å²) in [4.78, 5) is 23.8. The topological polar surface area (TPSA) is 132 Å². The van der Waals surface area contributed by atoms with Crippen molar-refractivity contribution in [3.05, 3.63) is 76.0 Å². The van der Waals surface area contributed by atoms with Gasteiger partial charge in [0.1, 0.15) is 12.0 Å². The highest BCUT2D eigenvalue weighted by Crippen LogP contribution is 2.41. The molecule has 5 heterocycles. The van der Waals surface area contributed by atoms with Gasteiger partial charge in [-0.25, -0.2) is 23.8 Å². The van der Waals surface area contributed by atoms with Crippen LogP contribution in [0.4, 0.5) is 8.78 Å². The van der Waals surface area contributed by atoms with E-state index >= 15 is 4.39 Å². The predicted molar refractivity (Wildman–Crippen MR) is 131 cm³/mol. The van der Waals surface area contributed by atoms with Crippen LogP contribution in [0.1, 0.15) is 24.8 Å². The number of tetrazole rings is 1. The number of benzene rings is 1. The number of carbonyl (C=O) groups is 1. The van der Waals surface area contributed by atoms with E-state index in [9.17, 15) is 19.5 Å². The summed E-state index contributed by atoms with van der Waals surface area (Å²) in [6.07, 6.45) is 8.18. The molecule has 0 radical (unpaired) electrons. The Morgan fingerprint density at radius 3 is 2.82 bits per heavy atom. The number of amidine groups is 1. The average Bonchev–Trinajstić information content (AvgIpc) is 3.67. The van der Waals surface area contributed by atoms with Crippen molar-refractivity contribution in [3.8, 4) is 5.69 Å². The zero-order valence-corrected chi connectivity index (χ0v) is 20.3. The summed E-state index contributed by atoms with van der Waals surface area (Å²) in [5.41, 5.74) is 0.959. The summed E-state index contributed by atoms with van der Waals surface area (Å²) >= 11 is 6.08. The first-order chi connectivity index (χ1) is 18.4. The van der Waals surface area contributed by atoms with Crippen molar-refractivity contribution in [2.45, 2.75) is 31.3 Å². The van der Waals surface area contributed by atoms with Crippen LogP contribution in [0.5, 0.6) is 0 Å². The van der Waals surface area contributed by atoms with Crippen molar-refractivity contribution in [3.63, 3.8) is 0 Å². The lowest BCUT2D eigenvalue weighted by atomic mass is 9.92. The average molecular weight is 541 g/mol. The van der Waals surface area contributed by atoms with E-state index < -0.39 is 24.3 Å². The number of nitrogens with zero attached hydrogens (tertiary/aromatic N) is 8. The van der Waals surface area contributed by atoms with Crippen LogP contribution in [0.3, 0.4) is 0 Å². The highest BCUT2D eigenvalue weighted by atomic mass is 35.5. The minimum Gasteiger partial charge on any atom is -0.390 e. The number of hydrogen-bond donors (Lipinski definition) is 2. The van der Waals surface area contributed by atoms with Crippen molar-refractivity contribution < 1.29 is 23.9 Å². The maximum atomic E-state index is 15.3. The predicted octanol–water partition coefficient (Wildman–Crippen LogP) is 2.73. The second-order valence-corrected chi connectivity index (χ2v) is 9.39. The maximum Gasteiger partial charge on any atom is 0.247 e. The third kappa shape index (κ3) is 3.86. The van der Waals surface area contributed by atoms with Gasteiger partial charge >= 0.3 is 0 Å². The Bertz CT molecular complexity index is 1530. The molecule has 0 spiro atoms. The van der Waals surface area contributed by atoms with Gasteiger partial charge in [0, 0.05) is 29.5 Å². The van der Waals surface area contributed by atoms with Gasteiger partial charge in [-0.15, -0.1) is 5.10 Å². The van der Waals surface area contributed by atoms with Gasteiger partial charge < -0.3 is 10.0 Å². The highest BCUT2D eigenvalue weighted by molar-refractivity contribution is 6.31. The molecule has 0 aliphatic carbocycles. The molecule has 6 rings (SSSR count). The number of fused-ring (bicyclic) bond motifs is 1. The summed E-state index contributed by atoms with van der Waals surface area (Å²) in [7, 11) is 0. The molecular formula is C24H19ClF2N8O3. The summed E-state index contributed by atoms with van der Waals surface area (Å²) in [5.74, 6) is -1.47. The molecule has 1 amide bonds. The smallest absolute Gasteiger partial charge is 0.247 e. The van der Waals surface area contributed by atoms with Crippen molar-refractivity contribution in [1.29, 1.82) is 0 Å². The zero-order chi connectivity index (χ0) is 26.6. The molecule has 4 aliphatic rings. The number of aromatic nitrogens is 4. The fourth-order valence-corrected chi connectivity index (χ4v) is 5.35. The molecule has 2 atom stereocenters. The van der Waals surface area contributed by atoms with Gasteiger partial charge in [0.05, 0.1) is 35.3 Å². The first kappa shape index (κ1) is 24.3. The normalized spacial score (nSPS) is 24.9. The number of aliphatic hydroxyl groups excluding tert-OH is 1. The standard InChI is InChI=1S/C24H19ClF2N8O3/c25-15-2-4-17(33-11-29-31-32-33)21(23(15)27)12-7-13-1-3-18(35(13)20(37)8-12)24-28-9-16(30-24)14-5-6-34(38)19(10-36)22(14)26/h2,4-6,8-9,11,13,18,36,38H,1,3,7,10H2/t13-,18+/m1/s1. The van der Waals surface area contributed by atoms with Crippen molar-refractivity contribution in [2.75, 3.05) is 6.61 Å². The Kier molecular flexibility index (Phi) is 5.97. The van der Waals surface area contributed by atoms with Crippen LogP contribution >= 0.6 is 11.6 Å². The largest absolute Gasteiger partial charge is 0.390 e. The van der Waals surface area contributed by atoms with E-state index in [2.05, 4.69) is 25.5 Å². The van der Waals surface area contributed by atoms with Crippen molar-refractivity contribution in [2.24, 2.45) is 9.98 Å². The molecular weight excluding hydrogens is 522 g/mol. The van der Waals surface area contributed by atoms with Crippen molar-refractivity contribution in [1.82, 2.24) is 30.2 Å². The summed E-state index contributed by atoms with van der Waals surface area (Å²) in [5, 5.41) is 30.5. The molecule has 14 heteroatoms. The number of amides is 1. The molecule has 1 saturated heterocycles. The SMILES string of the molecule is O=C1C=C(c2c(-n3cnnn3)ccc(Cl)c2F)C[C@H]2CC[C@@H](C3=NC(=C4C=CN(O)C(CO)=C4F)C=N3)N12. The van der Waals surface area contributed by atoms with Crippen LogP contribution in [0.2, 0.25) is 5.02 Å². The monoisotopic (exact) mass is 540 g/mol. The molecule has 2 N–H and O–H groups in total. The van der Waals surface area contributed by atoms with Gasteiger partial charge in [-0.3, -0.25) is 10.0 Å². The Balaban J connectivity index is 1.32. The number of allylic oxidation sites excluding steroid dienone is 4. The molecule has 1 fully saturated rings. The number of rotatable bonds is 4. The van der Waals surface area contributed by atoms with E-state index in [1.54, 1.807) is 11.0 Å². The number of aliphatic hydroxyl groups is 1. The van der Waals surface area contributed by atoms with Crippen LogP contribution in [-0.4, -0.2) is 77.1 Å². The van der Waals surface area contributed by atoms with E-state index in [1.807, 2.05) is 0 Å². The molecule has 194 valence electrons. The Morgan fingerprint density at radius 1 is 1.21 bits per heavy atom. The fourth-order valence-electron chi connectivity index (χ4n) is 5.19. The maximum absolute atomic E-state index is 15.3. The number of hydrogen-bond acceptors (Lipinski definition) is 9. The first-order valence-electron chi connectivity index (χ1n) is 11.6. The van der Waals surface area contributed by atoms with Crippen LogP contribution in [0, 0.1) is 5.82 Å². The second kappa shape index (κ2) is 9.35. The van der Waals surface area contributed by atoms with E-state index in [0.29, 0.717) is 41.4 Å². The molecule has 4 aliphatic heterocycles. The highest BCUT2D eigenvalue weighted by Gasteiger charge is 2.43. The third-order valence-electron chi connectivity index (χ3n) is 6.93. The zero-order valence-electron chi connectivity index (χ0n) is 19.5. The van der Waals surface area contributed by atoms with E-state index in [4.69, 9.17) is 11.6 Å². The molecule has 0 unspecified atom stereocenters. The van der Waals surface area contributed by atoms with Crippen LogP contribution < -0.4 is 0 Å². The minimum atomic E-state index is -0.822. The Labute approximate surface area is 219 Å². The molecule has 1 aromatic heterocycles. The van der Waals surface area contributed by atoms with Crippen LogP contribution in [-0.2, 0) is 4.79 Å². The van der Waals surface area contributed by atoms with Crippen LogP contribution in [0.15, 0.2) is 69.6 Å². The molecule has 0 bridgehead atoms. The lowest BCUT2D eigenvalue weighted by Gasteiger charge is -2.33. The third-order valence-corrected chi connectivity index (χ3v) is 7.22. The van der Waals surface area contributed by atoms with E-state index in [-0.39, 0.29) is 39.5 Å². The molecule has 0 saturated carbocycles. The van der Waals surface area contributed by atoms with Gasteiger partial charge in [0.15, 0.2) is 17.5 Å². The lowest BCUT2D eigenvalue weighted by Crippen LogP contribution is -2.45.